The zero-order valence-corrected chi connectivity index (χ0v) is 18.7. The average molecular weight is 430 g/mol. The third kappa shape index (κ3) is 4.02. The molecule has 0 spiro atoms. The third-order valence-electron chi connectivity index (χ3n) is 6.37. The van der Waals surface area contributed by atoms with Crippen molar-refractivity contribution < 1.29 is 9.59 Å². The standard InChI is InChI=1S/C22H31N5O2S/c1-13(2)19-26-16(12-30-19)7-9-25-22(23-3)24-8-4-10-27-20(28)17-14-5-6-15(11-14)18(17)21(27)29/h5-6,12-15,17-18H,4,7-11H2,1-3H3,(H2,23,24,25). The van der Waals surface area contributed by atoms with E-state index in [1.165, 1.54) is 9.91 Å². The lowest BCUT2D eigenvalue weighted by Gasteiger charge is -2.18. The maximum absolute atomic E-state index is 12.7. The number of thiazole rings is 1. The van der Waals surface area contributed by atoms with Gasteiger partial charge in [-0.05, 0) is 24.7 Å². The fourth-order valence-electron chi connectivity index (χ4n) is 4.86. The number of carbonyl (C=O) groups excluding carboxylic acids is 2. The smallest absolute Gasteiger partial charge is 0.233 e. The molecule has 0 aromatic carbocycles. The second-order valence-electron chi connectivity index (χ2n) is 8.69. The molecule has 30 heavy (non-hydrogen) atoms. The Morgan fingerprint density at radius 3 is 2.47 bits per heavy atom. The number of hydrogen-bond donors (Lipinski definition) is 2. The van der Waals surface area contributed by atoms with Crippen LogP contribution in [0.4, 0.5) is 0 Å². The number of nitrogens with zero attached hydrogens (tertiary/aromatic N) is 3. The van der Waals surface area contributed by atoms with Crippen LogP contribution in [-0.4, -0.2) is 54.3 Å². The highest BCUT2D eigenvalue weighted by Gasteiger charge is 2.58. The minimum absolute atomic E-state index is 0.0355. The minimum atomic E-state index is -0.100. The van der Waals surface area contributed by atoms with E-state index in [9.17, 15) is 9.59 Å². The Labute approximate surface area is 182 Å². The lowest BCUT2D eigenvalue weighted by atomic mass is 9.85. The molecule has 8 heteroatoms. The van der Waals surface area contributed by atoms with E-state index < -0.39 is 0 Å². The van der Waals surface area contributed by atoms with Gasteiger partial charge in [0.05, 0.1) is 22.5 Å². The Bertz CT molecular complexity index is 831. The van der Waals surface area contributed by atoms with Gasteiger partial charge in [0.1, 0.15) is 0 Å². The molecule has 2 amide bonds. The van der Waals surface area contributed by atoms with Crippen molar-refractivity contribution >= 4 is 29.1 Å². The fraction of sp³-hybridized carbons (Fsp3) is 0.636. The molecule has 2 bridgehead atoms. The van der Waals surface area contributed by atoms with E-state index in [0.717, 1.165) is 31.0 Å². The lowest BCUT2D eigenvalue weighted by molar-refractivity contribution is -0.140. The summed E-state index contributed by atoms with van der Waals surface area (Å²) in [5.41, 5.74) is 1.10. The number of nitrogens with one attached hydrogen (secondary N) is 2. The summed E-state index contributed by atoms with van der Waals surface area (Å²) in [6.07, 6.45) is 6.80. The molecule has 2 N–H and O–H groups in total. The molecule has 7 nitrogen and oxygen atoms in total. The van der Waals surface area contributed by atoms with Crippen molar-refractivity contribution in [2.45, 2.75) is 39.0 Å². The van der Waals surface area contributed by atoms with Gasteiger partial charge in [0, 0.05) is 44.4 Å². The van der Waals surface area contributed by atoms with Gasteiger partial charge in [0.15, 0.2) is 5.96 Å². The van der Waals surface area contributed by atoms with Crippen molar-refractivity contribution in [2.24, 2.45) is 28.7 Å². The third-order valence-corrected chi connectivity index (χ3v) is 7.57. The highest BCUT2D eigenvalue weighted by molar-refractivity contribution is 7.09. The molecule has 1 aliphatic heterocycles. The van der Waals surface area contributed by atoms with Crippen LogP contribution in [0.2, 0.25) is 0 Å². The molecule has 162 valence electrons. The summed E-state index contributed by atoms with van der Waals surface area (Å²) in [6, 6.07) is 0. The van der Waals surface area contributed by atoms with E-state index in [1.54, 1.807) is 18.4 Å². The van der Waals surface area contributed by atoms with E-state index in [0.29, 0.717) is 25.4 Å². The lowest BCUT2D eigenvalue weighted by Crippen LogP contribution is -2.40. The Hall–Kier alpha value is -2.22. The van der Waals surface area contributed by atoms with E-state index in [2.05, 4.69) is 52.0 Å². The van der Waals surface area contributed by atoms with Crippen LogP contribution in [0.5, 0.6) is 0 Å². The Morgan fingerprint density at radius 1 is 1.20 bits per heavy atom. The van der Waals surface area contributed by atoms with Gasteiger partial charge in [-0.3, -0.25) is 19.5 Å². The highest BCUT2D eigenvalue weighted by atomic mass is 32.1. The molecule has 1 saturated heterocycles. The predicted octanol–water partition coefficient (Wildman–Crippen LogP) is 2.17. The van der Waals surface area contributed by atoms with E-state index >= 15 is 0 Å². The van der Waals surface area contributed by atoms with Crippen molar-refractivity contribution in [2.75, 3.05) is 26.7 Å². The Morgan fingerprint density at radius 2 is 1.87 bits per heavy atom. The first kappa shape index (κ1) is 21.0. The van der Waals surface area contributed by atoms with E-state index in [-0.39, 0.29) is 35.5 Å². The number of amides is 2. The summed E-state index contributed by atoms with van der Waals surface area (Å²) in [6.45, 7) is 6.20. The first-order valence-corrected chi connectivity index (χ1v) is 11.8. The van der Waals surface area contributed by atoms with Crippen LogP contribution in [0.1, 0.15) is 43.3 Å². The average Bonchev–Trinajstić information content (AvgIpc) is 3.50. The van der Waals surface area contributed by atoms with Crippen LogP contribution in [-0.2, 0) is 16.0 Å². The second kappa shape index (κ2) is 8.88. The molecule has 4 unspecified atom stereocenters. The number of fused-ring (bicyclic) bond motifs is 5. The van der Waals surface area contributed by atoms with Gasteiger partial charge in [0.2, 0.25) is 11.8 Å². The molecule has 1 saturated carbocycles. The van der Waals surface area contributed by atoms with Crippen molar-refractivity contribution in [1.29, 1.82) is 0 Å². The Balaban J connectivity index is 1.17. The number of guanidine groups is 1. The summed E-state index contributed by atoms with van der Waals surface area (Å²) < 4.78 is 0. The molecule has 2 aliphatic carbocycles. The molecule has 0 radical (unpaired) electrons. The van der Waals surface area contributed by atoms with Gasteiger partial charge in [-0.2, -0.15) is 0 Å². The topological polar surface area (TPSA) is 86.7 Å². The van der Waals surface area contributed by atoms with Crippen LogP contribution in [0.3, 0.4) is 0 Å². The van der Waals surface area contributed by atoms with Crippen molar-refractivity contribution in [3.63, 3.8) is 0 Å². The molecule has 2 fully saturated rings. The summed E-state index contributed by atoms with van der Waals surface area (Å²) in [7, 11) is 1.74. The van der Waals surface area contributed by atoms with Crippen molar-refractivity contribution in [3.05, 3.63) is 28.2 Å². The van der Waals surface area contributed by atoms with Crippen LogP contribution >= 0.6 is 11.3 Å². The molecule has 4 rings (SSSR count). The quantitative estimate of drug-likeness (QED) is 0.217. The van der Waals surface area contributed by atoms with Crippen LogP contribution in [0.25, 0.3) is 0 Å². The van der Waals surface area contributed by atoms with Gasteiger partial charge in [-0.1, -0.05) is 26.0 Å². The van der Waals surface area contributed by atoms with Gasteiger partial charge >= 0.3 is 0 Å². The molecular formula is C22H31N5O2S. The number of rotatable bonds is 8. The van der Waals surface area contributed by atoms with Crippen LogP contribution in [0, 0.1) is 23.7 Å². The van der Waals surface area contributed by atoms with Gasteiger partial charge in [-0.25, -0.2) is 4.98 Å². The van der Waals surface area contributed by atoms with E-state index in [1.807, 2.05) is 0 Å². The number of carbonyl (C=O) groups is 2. The van der Waals surface area contributed by atoms with Crippen molar-refractivity contribution in [3.8, 4) is 0 Å². The summed E-state index contributed by atoms with van der Waals surface area (Å²) in [5, 5.41) is 9.87. The van der Waals surface area contributed by atoms with E-state index in [4.69, 9.17) is 0 Å². The number of likely N-dealkylation sites (tertiary alicyclic amines) is 1. The first-order chi connectivity index (χ1) is 14.5. The highest BCUT2D eigenvalue weighted by Crippen LogP contribution is 2.52. The van der Waals surface area contributed by atoms with Gasteiger partial charge < -0.3 is 10.6 Å². The largest absolute Gasteiger partial charge is 0.356 e. The second-order valence-corrected chi connectivity index (χ2v) is 9.58. The number of aliphatic imine (C=N–C) groups is 1. The summed E-state index contributed by atoms with van der Waals surface area (Å²) >= 11 is 1.71. The number of hydrogen-bond acceptors (Lipinski definition) is 5. The molecule has 4 atom stereocenters. The maximum Gasteiger partial charge on any atom is 0.233 e. The zero-order valence-electron chi connectivity index (χ0n) is 17.9. The van der Waals surface area contributed by atoms with Crippen LogP contribution < -0.4 is 10.6 Å². The van der Waals surface area contributed by atoms with Crippen molar-refractivity contribution in [1.82, 2.24) is 20.5 Å². The Kier molecular flexibility index (Phi) is 6.22. The molecular weight excluding hydrogens is 398 g/mol. The molecule has 1 aromatic rings. The summed E-state index contributed by atoms with van der Waals surface area (Å²) in [5.74, 6) is 1.61. The monoisotopic (exact) mass is 429 g/mol. The SMILES string of the molecule is CN=C(NCCCN1C(=O)C2C3C=CC(C3)C2C1=O)NCCc1csc(C(C)C)n1. The first-order valence-electron chi connectivity index (χ1n) is 10.9. The molecule has 2 heterocycles. The zero-order chi connectivity index (χ0) is 21.3. The molecule has 1 aromatic heterocycles. The predicted molar refractivity (Wildman–Crippen MR) is 118 cm³/mol. The van der Waals surface area contributed by atoms with Gasteiger partial charge in [0.25, 0.3) is 0 Å². The molecule has 3 aliphatic rings. The van der Waals surface area contributed by atoms with Crippen LogP contribution in [0.15, 0.2) is 22.5 Å². The summed E-state index contributed by atoms with van der Waals surface area (Å²) in [4.78, 5) is 35.8. The minimum Gasteiger partial charge on any atom is -0.356 e. The van der Waals surface area contributed by atoms with Gasteiger partial charge in [-0.15, -0.1) is 11.3 Å². The normalized spacial score (nSPS) is 27.5. The number of allylic oxidation sites excluding steroid dienone is 2. The fourth-order valence-corrected chi connectivity index (χ4v) is 5.73. The number of imide groups is 1. The maximum atomic E-state index is 12.7. The number of aromatic nitrogens is 1.